The summed E-state index contributed by atoms with van der Waals surface area (Å²) in [5.41, 5.74) is 12.0. The van der Waals surface area contributed by atoms with E-state index in [4.69, 9.17) is 9.97 Å². The van der Waals surface area contributed by atoms with Crippen molar-refractivity contribution in [1.29, 1.82) is 0 Å². The highest BCUT2D eigenvalue weighted by molar-refractivity contribution is 7.26. The zero-order chi connectivity index (χ0) is 34.8. The van der Waals surface area contributed by atoms with Gasteiger partial charge in [-0.1, -0.05) is 116 Å². The van der Waals surface area contributed by atoms with Gasteiger partial charge in [0.15, 0.2) is 5.65 Å². The predicted molar refractivity (Wildman–Crippen MR) is 224 cm³/mol. The average molecular weight is 694 g/mol. The van der Waals surface area contributed by atoms with Gasteiger partial charge < -0.3 is 0 Å². The van der Waals surface area contributed by atoms with Crippen molar-refractivity contribution in [1.82, 2.24) is 14.4 Å². The van der Waals surface area contributed by atoms with Crippen LogP contribution in [0.25, 0.3) is 103 Å². The van der Waals surface area contributed by atoms with Gasteiger partial charge in [-0.3, -0.25) is 9.38 Å². The summed E-state index contributed by atoms with van der Waals surface area (Å²) in [6.07, 6.45) is 2.87. The van der Waals surface area contributed by atoms with Crippen LogP contribution in [0.4, 0.5) is 0 Å². The number of fused-ring (bicyclic) bond motifs is 14. The summed E-state index contributed by atoms with van der Waals surface area (Å²) in [7, 11) is 0. The van der Waals surface area contributed by atoms with Crippen molar-refractivity contribution in [2.45, 2.75) is 19.3 Å². The molecule has 4 heterocycles. The smallest absolute Gasteiger partial charge is 0.156 e. The first-order valence-corrected chi connectivity index (χ1v) is 19.2. The van der Waals surface area contributed by atoms with Gasteiger partial charge >= 0.3 is 0 Å². The van der Waals surface area contributed by atoms with E-state index in [1.807, 2.05) is 23.6 Å². The number of thiophene rings is 1. The Kier molecular flexibility index (Phi) is 5.98. The highest BCUT2D eigenvalue weighted by atomic mass is 32.1. The van der Waals surface area contributed by atoms with Crippen LogP contribution in [0.15, 0.2) is 152 Å². The molecule has 0 N–H and O–H groups in total. The standard InChI is InChI=1S/C49H31N3S/c1-28-21-36-22-31-9-2-3-10-32(31)23-40(36)46-47(28)52-43(27-42-41-24-33-11-4-5-12-34(33)26-44(41)53-48(42)49(52)51-46)30-18-16-29(17-19-30)39-25-35-13-8-20-50-45(35)38-15-7-6-14-37(38)39/h2-20,22-28H,21H2,1H3. The maximum atomic E-state index is 5.63. The largest absolute Gasteiger partial charge is 0.295 e. The summed E-state index contributed by atoms with van der Waals surface area (Å²) in [4.78, 5) is 10.4. The van der Waals surface area contributed by atoms with E-state index < -0.39 is 0 Å². The quantitative estimate of drug-likeness (QED) is 0.169. The molecule has 7 aromatic carbocycles. The van der Waals surface area contributed by atoms with Gasteiger partial charge in [0.05, 0.1) is 27.3 Å². The Morgan fingerprint density at radius 3 is 2.06 bits per heavy atom. The first kappa shape index (κ1) is 29.2. The van der Waals surface area contributed by atoms with Crippen molar-refractivity contribution in [3.63, 3.8) is 0 Å². The number of aromatic nitrogens is 3. The first-order valence-electron chi connectivity index (χ1n) is 18.4. The van der Waals surface area contributed by atoms with Crippen LogP contribution in [0.5, 0.6) is 0 Å². The monoisotopic (exact) mass is 693 g/mol. The Morgan fingerprint density at radius 1 is 0.585 bits per heavy atom. The normalized spacial score (nSPS) is 14.2. The third kappa shape index (κ3) is 4.21. The molecule has 1 unspecified atom stereocenters. The SMILES string of the molecule is CC1Cc2cc3ccccc3cc2-c2nc3c4sc5cc6ccccc6cc5c4cc(-c4ccc(-c5cc6cccnc6c6ccccc56)cc4)n3c21. The molecule has 1 atom stereocenters. The van der Waals surface area contributed by atoms with Gasteiger partial charge in [-0.2, -0.15) is 0 Å². The third-order valence-electron chi connectivity index (χ3n) is 11.6. The molecule has 0 bridgehead atoms. The second kappa shape index (κ2) is 10.8. The Bertz CT molecular complexity index is 3330. The lowest BCUT2D eigenvalue weighted by molar-refractivity contribution is 0.715. The maximum Gasteiger partial charge on any atom is 0.156 e. The molecule has 4 heteroatoms. The summed E-state index contributed by atoms with van der Waals surface area (Å²) in [6, 6.07) is 53.7. The van der Waals surface area contributed by atoms with Crippen molar-refractivity contribution in [2.24, 2.45) is 0 Å². The van der Waals surface area contributed by atoms with Gasteiger partial charge in [0, 0.05) is 43.9 Å². The molecule has 0 saturated carbocycles. The summed E-state index contributed by atoms with van der Waals surface area (Å²) >= 11 is 1.87. The van der Waals surface area contributed by atoms with Crippen molar-refractivity contribution in [3.05, 3.63) is 163 Å². The Balaban J connectivity index is 1.13. The van der Waals surface area contributed by atoms with Crippen molar-refractivity contribution in [3.8, 4) is 33.6 Å². The van der Waals surface area contributed by atoms with Gasteiger partial charge in [-0.05, 0) is 92.0 Å². The number of hydrogen-bond acceptors (Lipinski definition) is 3. The minimum Gasteiger partial charge on any atom is -0.295 e. The number of pyridine rings is 2. The first-order chi connectivity index (χ1) is 26.2. The summed E-state index contributed by atoms with van der Waals surface area (Å²) in [5.74, 6) is 0.304. The number of hydrogen-bond donors (Lipinski definition) is 0. The number of benzene rings is 7. The van der Waals surface area contributed by atoms with Crippen LogP contribution in [-0.2, 0) is 6.42 Å². The molecule has 53 heavy (non-hydrogen) atoms. The summed E-state index contributed by atoms with van der Waals surface area (Å²) in [5, 5.41) is 11.2. The highest BCUT2D eigenvalue weighted by Gasteiger charge is 2.30. The Hall–Kier alpha value is -6.36. The number of nitrogens with zero attached hydrogens (tertiary/aromatic N) is 3. The highest BCUT2D eigenvalue weighted by Crippen LogP contribution is 2.47. The molecule has 0 radical (unpaired) electrons. The molecule has 4 aromatic heterocycles. The Morgan fingerprint density at radius 2 is 1.25 bits per heavy atom. The fourth-order valence-corrected chi connectivity index (χ4v) is 10.3. The molecular weight excluding hydrogens is 663 g/mol. The van der Waals surface area contributed by atoms with Gasteiger partial charge in [0.1, 0.15) is 0 Å². The molecule has 0 spiro atoms. The van der Waals surface area contributed by atoms with Crippen LogP contribution < -0.4 is 0 Å². The molecule has 0 aliphatic heterocycles. The lowest BCUT2D eigenvalue weighted by Gasteiger charge is -2.23. The van der Waals surface area contributed by atoms with E-state index in [9.17, 15) is 0 Å². The number of imidazole rings is 1. The predicted octanol–water partition coefficient (Wildman–Crippen LogP) is 13.4. The van der Waals surface area contributed by atoms with Crippen molar-refractivity contribution < 1.29 is 0 Å². The molecule has 1 aliphatic rings. The van der Waals surface area contributed by atoms with Crippen LogP contribution in [0.3, 0.4) is 0 Å². The third-order valence-corrected chi connectivity index (χ3v) is 12.7. The fraction of sp³-hybridized carbons (Fsp3) is 0.0612. The van der Waals surface area contributed by atoms with Crippen LogP contribution in [0, 0.1) is 0 Å². The van der Waals surface area contributed by atoms with E-state index in [1.54, 1.807) is 0 Å². The second-order valence-corrected chi connectivity index (χ2v) is 15.7. The Labute approximate surface area is 309 Å². The van der Waals surface area contributed by atoms with E-state index in [-0.39, 0.29) is 0 Å². The molecule has 12 rings (SSSR count). The lowest BCUT2D eigenvalue weighted by Crippen LogP contribution is -2.11. The molecule has 248 valence electrons. The molecule has 1 aliphatic carbocycles. The second-order valence-electron chi connectivity index (χ2n) is 14.7. The van der Waals surface area contributed by atoms with Gasteiger partial charge in [-0.25, -0.2) is 4.98 Å². The minimum absolute atomic E-state index is 0.304. The molecule has 0 saturated heterocycles. The molecule has 0 fully saturated rings. The van der Waals surface area contributed by atoms with Crippen LogP contribution >= 0.6 is 11.3 Å². The molecule has 0 amide bonds. The maximum absolute atomic E-state index is 5.63. The van der Waals surface area contributed by atoms with E-state index in [1.165, 1.54) is 91.7 Å². The van der Waals surface area contributed by atoms with Gasteiger partial charge in [0.2, 0.25) is 0 Å². The van der Waals surface area contributed by atoms with Crippen LogP contribution in [0.2, 0.25) is 0 Å². The van der Waals surface area contributed by atoms with Gasteiger partial charge in [0.25, 0.3) is 0 Å². The van der Waals surface area contributed by atoms with Crippen LogP contribution in [0.1, 0.15) is 24.1 Å². The zero-order valence-electron chi connectivity index (χ0n) is 29.0. The van der Waals surface area contributed by atoms with E-state index in [0.29, 0.717) is 5.92 Å². The average Bonchev–Trinajstić information content (AvgIpc) is 3.78. The molecule has 3 nitrogen and oxygen atoms in total. The molecular formula is C49H31N3S. The minimum atomic E-state index is 0.304. The van der Waals surface area contributed by atoms with Crippen molar-refractivity contribution in [2.75, 3.05) is 0 Å². The van der Waals surface area contributed by atoms with Crippen molar-refractivity contribution >= 4 is 80.4 Å². The van der Waals surface area contributed by atoms with E-state index in [0.717, 1.165) is 28.7 Å². The van der Waals surface area contributed by atoms with E-state index in [2.05, 4.69) is 151 Å². The van der Waals surface area contributed by atoms with E-state index >= 15 is 0 Å². The summed E-state index contributed by atoms with van der Waals surface area (Å²) in [6.45, 7) is 2.37. The lowest BCUT2D eigenvalue weighted by atomic mass is 9.84. The molecule has 11 aromatic rings. The zero-order valence-corrected chi connectivity index (χ0v) is 29.8. The fourth-order valence-electron chi connectivity index (χ4n) is 9.09. The summed E-state index contributed by atoms with van der Waals surface area (Å²) < 4.78 is 5.05. The van der Waals surface area contributed by atoms with Crippen LogP contribution in [-0.4, -0.2) is 14.4 Å². The topological polar surface area (TPSA) is 30.2 Å². The van der Waals surface area contributed by atoms with Gasteiger partial charge in [-0.15, -0.1) is 11.3 Å². The number of rotatable bonds is 2.